The van der Waals surface area contributed by atoms with Gasteiger partial charge in [0, 0.05) is 32.5 Å². The predicted molar refractivity (Wildman–Crippen MR) is 63.7 cm³/mol. The lowest BCUT2D eigenvalue weighted by Crippen LogP contribution is -2.36. The molecule has 0 aliphatic carbocycles. The highest BCUT2D eigenvalue weighted by Gasteiger charge is 2.16. The first-order valence-corrected chi connectivity index (χ1v) is 5.59. The Morgan fingerprint density at radius 1 is 1.31 bits per heavy atom. The molecule has 4 heteroatoms. The Hall–Kier alpha value is -1.55. The summed E-state index contributed by atoms with van der Waals surface area (Å²) in [6.45, 7) is 3.53. The average Bonchev–Trinajstić information content (AvgIpc) is 2.69. The van der Waals surface area contributed by atoms with Crippen LogP contribution in [0.5, 0.6) is 0 Å². The second kappa shape index (κ2) is 3.79. The SMILES string of the molecule is Cn1cc(N2CCOCC2)c2ncccc21. The van der Waals surface area contributed by atoms with Crippen molar-refractivity contribution in [2.45, 2.75) is 0 Å². The Labute approximate surface area is 94.4 Å². The molecule has 3 rings (SSSR count). The van der Waals surface area contributed by atoms with Crippen LogP contribution in [0.15, 0.2) is 24.5 Å². The van der Waals surface area contributed by atoms with E-state index in [1.54, 1.807) is 0 Å². The number of rotatable bonds is 1. The van der Waals surface area contributed by atoms with E-state index in [2.05, 4.69) is 33.8 Å². The van der Waals surface area contributed by atoms with Crippen LogP contribution in [-0.4, -0.2) is 35.9 Å². The summed E-state index contributed by atoms with van der Waals surface area (Å²) in [6, 6.07) is 4.08. The van der Waals surface area contributed by atoms with Gasteiger partial charge in [0.1, 0.15) is 5.52 Å². The Bertz CT molecular complexity index is 500. The minimum absolute atomic E-state index is 0.809. The van der Waals surface area contributed by atoms with Gasteiger partial charge in [0.25, 0.3) is 0 Å². The fraction of sp³-hybridized carbons (Fsp3) is 0.417. The van der Waals surface area contributed by atoms with Gasteiger partial charge in [-0.05, 0) is 12.1 Å². The lowest BCUT2D eigenvalue weighted by Gasteiger charge is -2.27. The molecule has 4 nitrogen and oxygen atoms in total. The number of anilines is 1. The van der Waals surface area contributed by atoms with Crippen molar-refractivity contribution in [1.82, 2.24) is 9.55 Å². The Morgan fingerprint density at radius 3 is 2.94 bits per heavy atom. The summed E-state index contributed by atoms with van der Waals surface area (Å²) in [6.07, 6.45) is 4.01. The molecule has 2 aromatic rings. The van der Waals surface area contributed by atoms with Gasteiger partial charge in [0.15, 0.2) is 0 Å². The zero-order chi connectivity index (χ0) is 11.0. The van der Waals surface area contributed by atoms with Crippen molar-refractivity contribution in [2.75, 3.05) is 31.2 Å². The monoisotopic (exact) mass is 217 g/mol. The summed E-state index contributed by atoms with van der Waals surface area (Å²) in [5.74, 6) is 0. The van der Waals surface area contributed by atoms with E-state index in [1.807, 2.05) is 12.3 Å². The van der Waals surface area contributed by atoms with E-state index in [9.17, 15) is 0 Å². The van der Waals surface area contributed by atoms with Crippen molar-refractivity contribution in [3.8, 4) is 0 Å². The standard InChI is InChI=1S/C12H15N3O/c1-14-9-11(15-5-7-16-8-6-15)12-10(14)3-2-4-13-12/h2-4,9H,5-8H2,1H3. The van der Waals surface area contributed by atoms with Gasteiger partial charge in [-0.3, -0.25) is 4.98 Å². The third-order valence-electron chi connectivity index (χ3n) is 3.08. The Morgan fingerprint density at radius 2 is 2.12 bits per heavy atom. The molecule has 0 unspecified atom stereocenters. The number of ether oxygens (including phenoxy) is 1. The first-order chi connectivity index (χ1) is 7.86. The van der Waals surface area contributed by atoms with Crippen LogP contribution in [-0.2, 0) is 11.8 Å². The zero-order valence-electron chi connectivity index (χ0n) is 9.39. The first kappa shape index (κ1) is 9.66. The summed E-state index contributed by atoms with van der Waals surface area (Å²) in [7, 11) is 2.06. The second-order valence-electron chi connectivity index (χ2n) is 4.10. The van der Waals surface area contributed by atoms with Gasteiger partial charge < -0.3 is 14.2 Å². The molecule has 0 N–H and O–H groups in total. The molecule has 0 saturated carbocycles. The molecule has 0 amide bonds. The molecule has 1 aliphatic rings. The molecule has 1 saturated heterocycles. The highest BCUT2D eigenvalue weighted by molar-refractivity contribution is 5.89. The van der Waals surface area contributed by atoms with Gasteiger partial charge in [-0.15, -0.1) is 0 Å². The van der Waals surface area contributed by atoms with E-state index in [4.69, 9.17) is 4.74 Å². The topological polar surface area (TPSA) is 30.3 Å². The molecular weight excluding hydrogens is 202 g/mol. The average molecular weight is 217 g/mol. The van der Waals surface area contributed by atoms with E-state index >= 15 is 0 Å². The van der Waals surface area contributed by atoms with Gasteiger partial charge in [0.05, 0.1) is 24.4 Å². The molecule has 0 atom stereocenters. The number of morpholine rings is 1. The third-order valence-corrected chi connectivity index (χ3v) is 3.08. The largest absolute Gasteiger partial charge is 0.378 e. The van der Waals surface area contributed by atoms with Crippen molar-refractivity contribution in [3.05, 3.63) is 24.5 Å². The minimum atomic E-state index is 0.809. The fourth-order valence-corrected chi connectivity index (χ4v) is 2.23. The van der Waals surface area contributed by atoms with Gasteiger partial charge in [-0.25, -0.2) is 0 Å². The molecule has 0 radical (unpaired) electrons. The number of hydrogen-bond donors (Lipinski definition) is 0. The minimum Gasteiger partial charge on any atom is -0.378 e. The Kier molecular flexibility index (Phi) is 2.29. The van der Waals surface area contributed by atoms with E-state index in [0.29, 0.717) is 0 Å². The summed E-state index contributed by atoms with van der Waals surface area (Å²) in [5, 5.41) is 0. The maximum Gasteiger partial charge on any atom is 0.111 e. The summed E-state index contributed by atoms with van der Waals surface area (Å²) in [4.78, 5) is 6.82. The maximum absolute atomic E-state index is 5.37. The summed E-state index contributed by atoms with van der Waals surface area (Å²) in [5.41, 5.74) is 3.50. The van der Waals surface area contributed by atoms with Crippen LogP contribution in [0.1, 0.15) is 0 Å². The van der Waals surface area contributed by atoms with Crippen molar-refractivity contribution in [1.29, 1.82) is 0 Å². The van der Waals surface area contributed by atoms with Crippen LogP contribution < -0.4 is 4.90 Å². The number of fused-ring (bicyclic) bond motifs is 1. The normalized spacial score (nSPS) is 16.9. The zero-order valence-corrected chi connectivity index (χ0v) is 9.39. The summed E-state index contributed by atoms with van der Waals surface area (Å²) >= 11 is 0. The van der Waals surface area contributed by atoms with Gasteiger partial charge in [0.2, 0.25) is 0 Å². The first-order valence-electron chi connectivity index (χ1n) is 5.59. The number of aromatic nitrogens is 2. The molecule has 16 heavy (non-hydrogen) atoms. The quantitative estimate of drug-likeness (QED) is 0.723. The molecule has 84 valence electrons. The maximum atomic E-state index is 5.37. The number of nitrogens with zero attached hydrogens (tertiary/aromatic N) is 3. The number of pyridine rings is 1. The molecular formula is C12H15N3O. The molecule has 3 heterocycles. The van der Waals surface area contributed by atoms with Crippen LogP contribution in [0.25, 0.3) is 11.0 Å². The molecule has 0 bridgehead atoms. The van der Waals surface area contributed by atoms with E-state index in [0.717, 1.165) is 31.8 Å². The predicted octanol–water partition coefficient (Wildman–Crippen LogP) is 1.41. The molecule has 0 aromatic carbocycles. The molecule has 1 fully saturated rings. The van der Waals surface area contributed by atoms with Gasteiger partial charge in [-0.1, -0.05) is 0 Å². The van der Waals surface area contributed by atoms with Crippen LogP contribution in [0.3, 0.4) is 0 Å². The Balaban J connectivity index is 2.08. The molecule has 1 aliphatic heterocycles. The molecule has 2 aromatic heterocycles. The lowest BCUT2D eigenvalue weighted by atomic mass is 10.3. The van der Waals surface area contributed by atoms with E-state index in [1.165, 1.54) is 11.2 Å². The van der Waals surface area contributed by atoms with Crippen molar-refractivity contribution >= 4 is 16.7 Å². The molecule has 0 spiro atoms. The van der Waals surface area contributed by atoms with Crippen LogP contribution in [0.4, 0.5) is 5.69 Å². The second-order valence-corrected chi connectivity index (χ2v) is 4.10. The van der Waals surface area contributed by atoms with Gasteiger partial charge >= 0.3 is 0 Å². The van der Waals surface area contributed by atoms with Crippen LogP contribution in [0.2, 0.25) is 0 Å². The summed E-state index contributed by atoms with van der Waals surface area (Å²) < 4.78 is 7.50. The third kappa shape index (κ3) is 1.46. The number of hydrogen-bond acceptors (Lipinski definition) is 3. The highest BCUT2D eigenvalue weighted by Crippen LogP contribution is 2.26. The highest BCUT2D eigenvalue weighted by atomic mass is 16.5. The van der Waals surface area contributed by atoms with Gasteiger partial charge in [-0.2, -0.15) is 0 Å². The fourth-order valence-electron chi connectivity index (χ4n) is 2.23. The van der Waals surface area contributed by atoms with Crippen molar-refractivity contribution in [3.63, 3.8) is 0 Å². The van der Waals surface area contributed by atoms with Crippen LogP contribution in [0, 0.1) is 0 Å². The van der Waals surface area contributed by atoms with E-state index < -0.39 is 0 Å². The van der Waals surface area contributed by atoms with Crippen molar-refractivity contribution < 1.29 is 4.74 Å². The van der Waals surface area contributed by atoms with Crippen molar-refractivity contribution in [2.24, 2.45) is 7.05 Å². The smallest absolute Gasteiger partial charge is 0.111 e. The number of aryl methyl sites for hydroxylation is 1. The van der Waals surface area contributed by atoms with Crippen LogP contribution >= 0.6 is 0 Å². The lowest BCUT2D eigenvalue weighted by molar-refractivity contribution is 0.123. The van der Waals surface area contributed by atoms with E-state index in [-0.39, 0.29) is 0 Å².